The van der Waals surface area contributed by atoms with Crippen molar-refractivity contribution in [3.63, 3.8) is 0 Å². The summed E-state index contributed by atoms with van der Waals surface area (Å²) in [5, 5.41) is 0. The number of nitrogens with zero attached hydrogens (tertiary/aromatic N) is 1. The third-order valence-electron chi connectivity index (χ3n) is 4.84. The number of nitrogens with two attached hydrogens (primary N) is 1. The molecule has 0 radical (unpaired) electrons. The molecule has 2 N–H and O–H groups in total. The highest BCUT2D eigenvalue weighted by Crippen LogP contribution is 2.36. The number of rotatable bonds is 4. The van der Waals surface area contributed by atoms with Gasteiger partial charge in [-0.25, -0.2) is 4.39 Å². The Morgan fingerprint density at radius 1 is 1.13 bits per heavy atom. The molecule has 120 valence electrons. The Labute approximate surface area is 135 Å². The van der Waals surface area contributed by atoms with E-state index in [9.17, 15) is 9.18 Å². The van der Waals surface area contributed by atoms with Crippen molar-refractivity contribution in [2.75, 3.05) is 13.1 Å². The van der Waals surface area contributed by atoms with Gasteiger partial charge in [0.1, 0.15) is 5.82 Å². The average Bonchev–Trinajstić information content (AvgIpc) is 3.01. The first-order valence-corrected chi connectivity index (χ1v) is 7.90. The lowest BCUT2D eigenvalue weighted by molar-refractivity contribution is -0.121. The molecule has 3 atom stereocenters. The zero-order chi connectivity index (χ0) is 16.4. The van der Waals surface area contributed by atoms with E-state index in [1.54, 1.807) is 12.1 Å². The first-order valence-electron chi connectivity index (χ1n) is 7.90. The van der Waals surface area contributed by atoms with Gasteiger partial charge in [-0.05, 0) is 30.2 Å². The van der Waals surface area contributed by atoms with Gasteiger partial charge < -0.3 is 5.73 Å². The van der Waals surface area contributed by atoms with Gasteiger partial charge in [0.05, 0.1) is 5.92 Å². The normalized spacial score (nSPS) is 22.9. The molecular weight excluding hydrogens is 291 g/mol. The fourth-order valence-corrected chi connectivity index (χ4v) is 3.43. The van der Waals surface area contributed by atoms with Gasteiger partial charge in [0.25, 0.3) is 0 Å². The van der Waals surface area contributed by atoms with Crippen molar-refractivity contribution >= 4 is 5.91 Å². The van der Waals surface area contributed by atoms with E-state index in [1.165, 1.54) is 12.1 Å². The number of likely N-dealkylation sites (tertiary alicyclic amines) is 1. The molecule has 1 aliphatic heterocycles. The van der Waals surface area contributed by atoms with E-state index in [4.69, 9.17) is 5.73 Å². The molecular formula is C19H21FN2O. The number of primary amides is 1. The predicted octanol–water partition coefficient (Wildman–Crippen LogP) is 3.09. The minimum atomic E-state index is -0.257. The lowest BCUT2D eigenvalue weighted by atomic mass is 9.88. The maximum Gasteiger partial charge on any atom is 0.222 e. The highest BCUT2D eigenvalue weighted by Gasteiger charge is 2.39. The van der Waals surface area contributed by atoms with Gasteiger partial charge >= 0.3 is 0 Å². The van der Waals surface area contributed by atoms with Crippen molar-refractivity contribution in [2.45, 2.75) is 18.9 Å². The molecule has 3 nitrogen and oxygen atoms in total. The number of amides is 1. The van der Waals surface area contributed by atoms with E-state index in [-0.39, 0.29) is 29.6 Å². The van der Waals surface area contributed by atoms with E-state index < -0.39 is 0 Å². The fraction of sp³-hybridized carbons (Fsp3) is 0.316. The summed E-state index contributed by atoms with van der Waals surface area (Å²) in [6, 6.07) is 16.7. The van der Waals surface area contributed by atoms with Crippen LogP contribution in [0.4, 0.5) is 4.39 Å². The highest BCUT2D eigenvalue weighted by molar-refractivity contribution is 5.78. The fourth-order valence-electron chi connectivity index (χ4n) is 3.43. The van der Waals surface area contributed by atoms with Crippen LogP contribution in [0, 0.1) is 11.7 Å². The maximum absolute atomic E-state index is 13.1. The van der Waals surface area contributed by atoms with Gasteiger partial charge in [0.15, 0.2) is 0 Å². The Bertz CT molecular complexity index is 672. The Morgan fingerprint density at radius 3 is 2.39 bits per heavy atom. The van der Waals surface area contributed by atoms with Gasteiger partial charge in [-0.2, -0.15) is 0 Å². The average molecular weight is 312 g/mol. The summed E-state index contributed by atoms with van der Waals surface area (Å²) in [4.78, 5) is 14.1. The van der Waals surface area contributed by atoms with Gasteiger partial charge in [0.2, 0.25) is 5.91 Å². The molecule has 3 rings (SSSR count). The Kier molecular flexibility index (Phi) is 4.44. The smallest absolute Gasteiger partial charge is 0.222 e. The molecule has 0 aromatic heterocycles. The molecule has 1 amide bonds. The minimum Gasteiger partial charge on any atom is -0.369 e. The van der Waals surface area contributed by atoms with Crippen LogP contribution in [0.5, 0.6) is 0 Å². The van der Waals surface area contributed by atoms with Crippen molar-refractivity contribution in [3.8, 4) is 0 Å². The summed E-state index contributed by atoms with van der Waals surface area (Å²) in [5.41, 5.74) is 7.82. The number of hydrogen-bond donors (Lipinski definition) is 1. The Hall–Kier alpha value is -2.20. The molecule has 2 aromatic rings. The number of hydrogen-bond acceptors (Lipinski definition) is 2. The second kappa shape index (κ2) is 6.50. The van der Waals surface area contributed by atoms with E-state index in [0.717, 1.165) is 17.7 Å². The van der Waals surface area contributed by atoms with Crippen molar-refractivity contribution in [3.05, 3.63) is 71.5 Å². The summed E-state index contributed by atoms with van der Waals surface area (Å²) in [6.45, 7) is 3.49. The summed E-state index contributed by atoms with van der Waals surface area (Å²) >= 11 is 0. The van der Waals surface area contributed by atoms with Crippen LogP contribution in [-0.2, 0) is 4.79 Å². The molecule has 0 bridgehead atoms. The van der Waals surface area contributed by atoms with Crippen LogP contribution in [-0.4, -0.2) is 23.9 Å². The quantitative estimate of drug-likeness (QED) is 0.943. The third kappa shape index (κ3) is 3.27. The second-order valence-corrected chi connectivity index (χ2v) is 6.21. The zero-order valence-corrected chi connectivity index (χ0v) is 13.2. The summed E-state index contributed by atoms with van der Waals surface area (Å²) in [6.07, 6.45) is 0. The number of halogens is 1. The second-order valence-electron chi connectivity index (χ2n) is 6.21. The molecule has 1 heterocycles. The number of carbonyl (C=O) groups excluding carboxylic acids is 1. The SMILES string of the molecule is CC(c1ccc(F)cc1)N1C[C@H](C(N)=O)[C@@H](c2ccccc2)C1. The van der Waals surface area contributed by atoms with E-state index in [2.05, 4.69) is 11.8 Å². The molecule has 1 aliphatic rings. The topological polar surface area (TPSA) is 46.3 Å². The van der Waals surface area contributed by atoms with Crippen molar-refractivity contribution in [1.29, 1.82) is 0 Å². The Balaban J connectivity index is 1.82. The van der Waals surface area contributed by atoms with Crippen LogP contribution in [0.3, 0.4) is 0 Å². The van der Waals surface area contributed by atoms with Gasteiger partial charge in [-0.3, -0.25) is 9.69 Å². The van der Waals surface area contributed by atoms with Crippen LogP contribution in [0.2, 0.25) is 0 Å². The monoisotopic (exact) mass is 312 g/mol. The van der Waals surface area contributed by atoms with Crippen LogP contribution in [0.15, 0.2) is 54.6 Å². The molecule has 1 unspecified atom stereocenters. The minimum absolute atomic E-state index is 0.108. The van der Waals surface area contributed by atoms with E-state index in [1.807, 2.05) is 30.3 Å². The van der Waals surface area contributed by atoms with Crippen LogP contribution in [0.25, 0.3) is 0 Å². The largest absolute Gasteiger partial charge is 0.369 e. The number of benzene rings is 2. The summed E-state index contributed by atoms with van der Waals surface area (Å²) in [5.74, 6) is -0.580. The van der Waals surface area contributed by atoms with Crippen LogP contribution >= 0.6 is 0 Å². The molecule has 1 fully saturated rings. The zero-order valence-electron chi connectivity index (χ0n) is 13.2. The van der Waals surface area contributed by atoms with Crippen LogP contribution in [0.1, 0.15) is 30.0 Å². The summed E-state index contributed by atoms with van der Waals surface area (Å²) < 4.78 is 13.1. The first-order chi connectivity index (χ1) is 11.1. The van der Waals surface area contributed by atoms with Gasteiger partial charge in [0, 0.05) is 25.0 Å². The standard InChI is InChI=1S/C19H21FN2O/c1-13(14-7-9-16(20)10-8-14)22-11-17(18(12-22)19(21)23)15-5-3-2-4-6-15/h2-10,13,17-18H,11-12H2,1H3,(H2,21,23)/t13?,17-,18+/m1/s1. The van der Waals surface area contributed by atoms with Crippen molar-refractivity contribution in [1.82, 2.24) is 4.90 Å². The summed E-state index contributed by atoms with van der Waals surface area (Å²) in [7, 11) is 0. The molecule has 23 heavy (non-hydrogen) atoms. The molecule has 2 aromatic carbocycles. The third-order valence-corrected chi connectivity index (χ3v) is 4.84. The van der Waals surface area contributed by atoms with Crippen molar-refractivity contribution in [2.24, 2.45) is 11.7 Å². The van der Waals surface area contributed by atoms with Gasteiger partial charge in [-0.15, -0.1) is 0 Å². The lowest BCUT2D eigenvalue weighted by Crippen LogP contribution is -2.30. The van der Waals surface area contributed by atoms with Gasteiger partial charge in [-0.1, -0.05) is 42.5 Å². The highest BCUT2D eigenvalue weighted by atomic mass is 19.1. The molecule has 0 saturated carbocycles. The van der Waals surface area contributed by atoms with E-state index in [0.29, 0.717) is 6.54 Å². The van der Waals surface area contributed by atoms with Crippen molar-refractivity contribution < 1.29 is 9.18 Å². The maximum atomic E-state index is 13.1. The Morgan fingerprint density at radius 2 is 1.78 bits per heavy atom. The lowest BCUT2D eigenvalue weighted by Gasteiger charge is -2.24. The molecule has 1 saturated heterocycles. The predicted molar refractivity (Wildman–Crippen MR) is 88.3 cm³/mol. The molecule has 0 aliphatic carbocycles. The number of carbonyl (C=O) groups is 1. The molecule has 4 heteroatoms. The van der Waals surface area contributed by atoms with E-state index >= 15 is 0 Å². The first kappa shape index (κ1) is 15.7. The molecule has 0 spiro atoms. The van der Waals surface area contributed by atoms with Crippen LogP contribution < -0.4 is 5.73 Å².